The molecule has 1 unspecified atom stereocenters. The van der Waals surface area contributed by atoms with Crippen LogP contribution in [0.1, 0.15) is 20.8 Å². The van der Waals surface area contributed by atoms with E-state index in [9.17, 15) is 0 Å². The van der Waals surface area contributed by atoms with E-state index in [1.165, 1.54) is 0 Å². The fourth-order valence-electron chi connectivity index (χ4n) is 0.656. The SMILES string of the molecule is C=C(C)C(CO/N=C\C)O/C=C/C. The van der Waals surface area contributed by atoms with Crippen LogP contribution in [0.4, 0.5) is 0 Å². The van der Waals surface area contributed by atoms with Crippen LogP contribution >= 0.6 is 0 Å². The summed E-state index contributed by atoms with van der Waals surface area (Å²) in [5.74, 6) is 0. The number of nitrogens with zero attached hydrogens (tertiary/aromatic N) is 1. The van der Waals surface area contributed by atoms with E-state index < -0.39 is 0 Å². The third-order valence-corrected chi connectivity index (χ3v) is 1.33. The van der Waals surface area contributed by atoms with Crippen LogP contribution in [-0.4, -0.2) is 18.9 Å². The standard InChI is InChI=1S/C10H17NO2/c1-5-7-12-10(9(3)4)8-13-11-6-2/h5-7,10H,3,8H2,1-2,4H3/b7-5+,11-6-. The summed E-state index contributed by atoms with van der Waals surface area (Å²) in [5.41, 5.74) is 0.921. The summed E-state index contributed by atoms with van der Waals surface area (Å²) in [5, 5.41) is 3.63. The largest absolute Gasteiger partial charge is 0.490 e. The minimum Gasteiger partial charge on any atom is -0.490 e. The molecule has 0 aromatic rings. The van der Waals surface area contributed by atoms with Crippen LogP contribution in [0.2, 0.25) is 0 Å². The molecule has 0 radical (unpaired) electrons. The van der Waals surface area contributed by atoms with E-state index in [0.717, 1.165) is 5.57 Å². The van der Waals surface area contributed by atoms with E-state index in [1.54, 1.807) is 19.4 Å². The lowest BCUT2D eigenvalue weighted by Crippen LogP contribution is -2.17. The second-order valence-electron chi connectivity index (χ2n) is 2.60. The quantitative estimate of drug-likeness (QED) is 0.274. The highest BCUT2D eigenvalue weighted by atomic mass is 16.6. The van der Waals surface area contributed by atoms with Gasteiger partial charge in [-0.15, -0.1) is 0 Å². The van der Waals surface area contributed by atoms with Gasteiger partial charge in [-0.2, -0.15) is 0 Å². The van der Waals surface area contributed by atoms with Crippen molar-refractivity contribution in [3.05, 3.63) is 24.5 Å². The third kappa shape index (κ3) is 5.96. The first-order chi connectivity index (χ1) is 6.22. The minimum atomic E-state index is -0.125. The lowest BCUT2D eigenvalue weighted by Gasteiger charge is -2.14. The van der Waals surface area contributed by atoms with E-state index in [2.05, 4.69) is 11.7 Å². The van der Waals surface area contributed by atoms with E-state index >= 15 is 0 Å². The van der Waals surface area contributed by atoms with Gasteiger partial charge in [0.25, 0.3) is 0 Å². The van der Waals surface area contributed by atoms with E-state index in [-0.39, 0.29) is 6.10 Å². The van der Waals surface area contributed by atoms with Gasteiger partial charge in [0.15, 0.2) is 12.7 Å². The molecule has 0 heterocycles. The second kappa shape index (κ2) is 7.40. The van der Waals surface area contributed by atoms with Gasteiger partial charge in [-0.25, -0.2) is 0 Å². The fourth-order valence-corrected chi connectivity index (χ4v) is 0.656. The number of rotatable bonds is 6. The molecular weight excluding hydrogens is 166 g/mol. The van der Waals surface area contributed by atoms with Gasteiger partial charge < -0.3 is 9.57 Å². The van der Waals surface area contributed by atoms with Crippen molar-refractivity contribution in [3.8, 4) is 0 Å². The lowest BCUT2D eigenvalue weighted by atomic mass is 10.2. The van der Waals surface area contributed by atoms with Crippen LogP contribution < -0.4 is 0 Å². The molecule has 0 bridgehead atoms. The molecule has 0 aliphatic rings. The molecule has 3 nitrogen and oxygen atoms in total. The third-order valence-electron chi connectivity index (χ3n) is 1.33. The van der Waals surface area contributed by atoms with Gasteiger partial charge >= 0.3 is 0 Å². The summed E-state index contributed by atoms with van der Waals surface area (Å²) in [6, 6.07) is 0. The lowest BCUT2D eigenvalue weighted by molar-refractivity contribution is 0.0494. The molecule has 74 valence electrons. The van der Waals surface area contributed by atoms with Gasteiger partial charge in [0, 0.05) is 6.21 Å². The normalized spacial score (nSPS) is 13.5. The maximum absolute atomic E-state index is 5.32. The van der Waals surface area contributed by atoms with Gasteiger partial charge in [0.05, 0.1) is 6.26 Å². The van der Waals surface area contributed by atoms with Crippen molar-refractivity contribution in [2.24, 2.45) is 5.16 Å². The maximum atomic E-state index is 5.32. The Morgan fingerprint density at radius 1 is 1.54 bits per heavy atom. The predicted molar refractivity (Wildman–Crippen MR) is 54.6 cm³/mol. The number of oxime groups is 1. The Morgan fingerprint density at radius 2 is 2.23 bits per heavy atom. The Kier molecular flexibility index (Phi) is 6.69. The second-order valence-corrected chi connectivity index (χ2v) is 2.60. The molecule has 13 heavy (non-hydrogen) atoms. The highest BCUT2D eigenvalue weighted by Gasteiger charge is 2.08. The highest BCUT2D eigenvalue weighted by molar-refractivity contribution is 5.52. The van der Waals surface area contributed by atoms with Crippen LogP contribution in [-0.2, 0) is 9.57 Å². The first-order valence-corrected chi connectivity index (χ1v) is 4.24. The summed E-state index contributed by atoms with van der Waals surface area (Å²) in [7, 11) is 0. The highest BCUT2D eigenvalue weighted by Crippen LogP contribution is 2.05. The molecule has 0 aliphatic carbocycles. The predicted octanol–water partition coefficient (Wildman–Crippen LogP) is 2.50. The molecule has 0 N–H and O–H groups in total. The van der Waals surface area contributed by atoms with E-state index in [4.69, 9.17) is 9.57 Å². The van der Waals surface area contributed by atoms with Gasteiger partial charge in [-0.3, -0.25) is 0 Å². The smallest absolute Gasteiger partial charge is 0.157 e. The topological polar surface area (TPSA) is 30.8 Å². The molecule has 0 aliphatic heterocycles. The number of ether oxygens (including phenoxy) is 1. The van der Waals surface area contributed by atoms with Crippen LogP contribution in [0.5, 0.6) is 0 Å². The Morgan fingerprint density at radius 3 is 2.69 bits per heavy atom. The summed E-state index contributed by atoms with van der Waals surface area (Å²) in [4.78, 5) is 4.95. The molecule has 0 amide bonds. The summed E-state index contributed by atoms with van der Waals surface area (Å²) in [6.07, 6.45) is 4.91. The van der Waals surface area contributed by atoms with Crippen molar-refractivity contribution >= 4 is 6.21 Å². The number of allylic oxidation sites excluding steroid dienone is 1. The Labute approximate surface area is 79.7 Å². The van der Waals surface area contributed by atoms with Gasteiger partial charge in [-0.1, -0.05) is 17.8 Å². The first kappa shape index (κ1) is 11.8. The molecule has 0 rings (SSSR count). The first-order valence-electron chi connectivity index (χ1n) is 4.24. The number of hydrogen-bond acceptors (Lipinski definition) is 3. The zero-order valence-electron chi connectivity index (χ0n) is 8.49. The number of hydrogen-bond donors (Lipinski definition) is 0. The van der Waals surface area contributed by atoms with Gasteiger partial charge in [0.2, 0.25) is 0 Å². The molecule has 0 fully saturated rings. The average molecular weight is 183 g/mol. The van der Waals surface area contributed by atoms with Crippen molar-refractivity contribution in [1.29, 1.82) is 0 Å². The molecule has 0 saturated carbocycles. The maximum Gasteiger partial charge on any atom is 0.157 e. The Balaban J connectivity index is 3.87. The van der Waals surface area contributed by atoms with Crippen LogP contribution in [0.15, 0.2) is 29.6 Å². The van der Waals surface area contributed by atoms with Crippen molar-refractivity contribution in [2.45, 2.75) is 26.9 Å². The monoisotopic (exact) mass is 183 g/mol. The summed E-state index contributed by atoms with van der Waals surface area (Å²) < 4.78 is 5.32. The van der Waals surface area contributed by atoms with Crippen molar-refractivity contribution < 1.29 is 9.57 Å². The van der Waals surface area contributed by atoms with Crippen molar-refractivity contribution in [2.75, 3.05) is 6.61 Å². The zero-order valence-corrected chi connectivity index (χ0v) is 8.49. The fraction of sp³-hybridized carbons (Fsp3) is 0.500. The Bertz CT molecular complexity index is 197. The molecule has 1 atom stereocenters. The molecule has 3 heteroatoms. The molecule has 0 aromatic carbocycles. The van der Waals surface area contributed by atoms with Crippen molar-refractivity contribution in [3.63, 3.8) is 0 Å². The van der Waals surface area contributed by atoms with Crippen LogP contribution in [0, 0.1) is 0 Å². The van der Waals surface area contributed by atoms with E-state index in [0.29, 0.717) is 6.61 Å². The zero-order chi connectivity index (χ0) is 10.1. The molecule has 0 spiro atoms. The summed E-state index contributed by atoms with van der Waals surface area (Å²) >= 11 is 0. The Hall–Kier alpha value is -1.25. The van der Waals surface area contributed by atoms with Crippen molar-refractivity contribution in [1.82, 2.24) is 0 Å². The molecular formula is C10H17NO2. The van der Waals surface area contributed by atoms with Gasteiger partial charge in [0.1, 0.15) is 0 Å². The molecule has 0 aromatic heterocycles. The van der Waals surface area contributed by atoms with E-state index in [1.807, 2.05) is 19.9 Å². The van der Waals surface area contributed by atoms with Crippen LogP contribution in [0.25, 0.3) is 0 Å². The average Bonchev–Trinajstić information content (AvgIpc) is 2.10. The molecule has 0 saturated heterocycles. The minimum absolute atomic E-state index is 0.125. The van der Waals surface area contributed by atoms with Gasteiger partial charge in [-0.05, 0) is 26.3 Å². The van der Waals surface area contributed by atoms with Crippen LogP contribution in [0.3, 0.4) is 0 Å². The summed E-state index contributed by atoms with van der Waals surface area (Å²) in [6.45, 7) is 9.77.